The van der Waals surface area contributed by atoms with Gasteiger partial charge in [0.15, 0.2) is 0 Å². The first-order valence-electron chi connectivity index (χ1n) is 4.94. The number of hydrogen-bond donors (Lipinski definition) is 1. The molecule has 0 aliphatic heterocycles. The molecule has 0 bridgehead atoms. The standard InChI is InChI=1S/C12H14BrNO2/c1-10(15)14-11-4-6-12(7-5-11)16-9-3-2-8-13/h2-7H,8-9H2,1H3,(H,14,15). The van der Waals surface area contributed by atoms with Crippen molar-refractivity contribution in [3.63, 3.8) is 0 Å². The van der Waals surface area contributed by atoms with E-state index in [0.717, 1.165) is 16.8 Å². The smallest absolute Gasteiger partial charge is 0.221 e. The molecule has 0 aliphatic rings. The Morgan fingerprint density at radius 3 is 2.62 bits per heavy atom. The van der Waals surface area contributed by atoms with Gasteiger partial charge in [-0.25, -0.2) is 0 Å². The molecule has 0 radical (unpaired) electrons. The Labute approximate surface area is 104 Å². The van der Waals surface area contributed by atoms with Gasteiger partial charge >= 0.3 is 0 Å². The number of rotatable bonds is 5. The highest BCUT2D eigenvalue weighted by atomic mass is 79.9. The third-order valence-corrected chi connectivity index (χ3v) is 2.15. The number of hydrogen-bond acceptors (Lipinski definition) is 2. The average molecular weight is 284 g/mol. The van der Waals surface area contributed by atoms with Gasteiger partial charge in [0.2, 0.25) is 5.91 Å². The third kappa shape index (κ3) is 4.98. The van der Waals surface area contributed by atoms with Crippen LogP contribution in [0.25, 0.3) is 0 Å². The molecule has 1 aromatic rings. The molecular formula is C12H14BrNO2. The van der Waals surface area contributed by atoms with Crippen LogP contribution < -0.4 is 10.1 Å². The van der Waals surface area contributed by atoms with E-state index < -0.39 is 0 Å². The summed E-state index contributed by atoms with van der Waals surface area (Å²) in [5, 5.41) is 3.52. The Kier molecular flexibility index (Phi) is 5.64. The summed E-state index contributed by atoms with van der Waals surface area (Å²) in [4.78, 5) is 10.8. The summed E-state index contributed by atoms with van der Waals surface area (Å²) in [7, 11) is 0. The van der Waals surface area contributed by atoms with E-state index in [1.807, 2.05) is 36.4 Å². The van der Waals surface area contributed by atoms with E-state index in [1.54, 1.807) is 0 Å². The van der Waals surface area contributed by atoms with Gasteiger partial charge in [0.25, 0.3) is 0 Å². The molecule has 0 atom stereocenters. The lowest BCUT2D eigenvalue weighted by Crippen LogP contribution is -2.05. The van der Waals surface area contributed by atoms with Crippen LogP contribution in [0.3, 0.4) is 0 Å². The number of amides is 1. The van der Waals surface area contributed by atoms with Crippen molar-refractivity contribution in [2.75, 3.05) is 17.3 Å². The minimum absolute atomic E-state index is 0.0751. The van der Waals surface area contributed by atoms with Gasteiger partial charge in [-0.05, 0) is 24.3 Å². The number of allylic oxidation sites excluding steroid dienone is 1. The molecule has 1 N–H and O–H groups in total. The Morgan fingerprint density at radius 1 is 1.38 bits per heavy atom. The predicted molar refractivity (Wildman–Crippen MR) is 69.2 cm³/mol. The van der Waals surface area contributed by atoms with Crippen LogP contribution in [-0.2, 0) is 4.79 Å². The summed E-state index contributed by atoms with van der Waals surface area (Å²) in [6.07, 6.45) is 3.92. The number of nitrogens with one attached hydrogen (secondary N) is 1. The van der Waals surface area contributed by atoms with Crippen molar-refractivity contribution < 1.29 is 9.53 Å². The highest BCUT2D eigenvalue weighted by Gasteiger charge is 1.95. The van der Waals surface area contributed by atoms with E-state index >= 15 is 0 Å². The van der Waals surface area contributed by atoms with E-state index in [9.17, 15) is 4.79 Å². The van der Waals surface area contributed by atoms with Crippen LogP contribution in [0.15, 0.2) is 36.4 Å². The van der Waals surface area contributed by atoms with Crippen LogP contribution in [0.1, 0.15) is 6.92 Å². The number of benzene rings is 1. The number of anilines is 1. The normalized spacial score (nSPS) is 10.4. The summed E-state index contributed by atoms with van der Waals surface area (Å²) < 4.78 is 5.45. The fourth-order valence-electron chi connectivity index (χ4n) is 1.11. The van der Waals surface area contributed by atoms with Crippen molar-refractivity contribution in [1.29, 1.82) is 0 Å². The lowest BCUT2D eigenvalue weighted by atomic mass is 10.3. The predicted octanol–water partition coefficient (Wildman–Crippen LogP) is 2.97. The van der Waals surface area contributed by atoms with Gasteiger partial charge in [0.05, 0.1) is 0 Å². The number of halogens is 1. The first-order chi connectivity index (χ1) is 7.72. The van der Waals surface area contributed by atoms with Crippen LogP contribution in [-0.4, -0.2) is 17.8 Å². The second kappa shape index (κ2) is 7.06. The molecule has 0 spiro atoms. The van der Waals surface area contributed by atoms with Crippen LogP contribution in [0.4, 0.5) is 5.69 Å². The van der Waals surface area contributed by atoms with Gasteiger partial charge in [-0.15, -0.1) is 0 Å². The fourth-order valence-corrected chi connectivity index (χ4v) is 1.38. The van der Waals surface area contributed by atoms with Crippen LogP contribution in [0.2, 0.25) is 0 Å². The molecule has 0 aromatic heterocycles. The second-order valence-electron chi connectivity index (χ2n) is 3.14. The minimum atomic E-state index is -0.0751. The fraction of sp³-hybridized carbons (Fsp3) is 0.250. The SMILES string of the molecule is CC(=O)Nc1ccc(OCC=CCBr)cc1. The maximum absolute atomic E-state index is 10.8. The van der Waals surface area contributed by atoms with Gasteiger partial charge < -0.3 is 10.1 Å². The molecule has 16 heavy (non-hydrogen) atoms. The quantitative estimate of drug-likeness (QED) is 0.667. The van der Waals surface area contributed by atoms with Gasteiger partial charge in [-0.1, -0.05) is 28.1 Å². The molecule has 0 unspecified atom stereocenters. The summed E-state index contributed by atoms with van der Waals surface area (Å²) in [5.41, 5.74) is 0.774. The topological polar surface area (TPSA) is 38.3 Å². The Bertz CT molecular complexity index is 360. The lowest BCUT2D eigenvalue weighted by Gasteiger charge is -2.05. The largest absolute Gasteiger partial charge is 0.490 e. The average Bonchev–Trinajstić information content (AvgIpc) is 2.26. The third-order valence-electron chi connectivity index (χ3n) is 1.78. The first-order valence-corrected chi connectivity index (χ1v) is 6.06. The summed E-state index contributed by atoms with van der Waals surface area (Å²) in [6, 6.07) is 7.27. The zero-order chi connectivity index (χ0) is 11.8. The molecule has 0 aliphatic carbocycles. The van der Waals surface area contributed by atoms with E-state index in [0.29, 0.717) is 6.61 Å². The zero-order valence-electron chi connectivity index (χ0n) is 9.07. The van der Waals surface area contributed by atoms with Gasteiger partial charge in [0.1, 0.15) is 12.4 Å². The second-order valence-corrected chi connectivity index (χ2v) is 3.79. The molecule has 0 fully saturated rings. The van der Waals surface area contributed by atoms with Crippen molar-refractivity contribution in [2.45, 2.75) is 6.92 Å². The van der Waals surface area contributed by atoms with Crippen LogP contribution in [0, 0.1) is 0 Å². The Morgan fingerprint density at radius 2 is 2.06 bits per heavy atom. The molecule has 1 amide bonds. The molecule has 1 aromatic carbocycles. The van der Waals surface area contributed by atoms with E-state index in [1.165, 1.54) is 6.92 Å². The number of alkyl halides is 1. The maximum atomic E-state index is 10.8. The summed E-state index contributed by atoms with van der Waals surface area (Å²) in [5.74, 6) is 0.710. The monoisotopic (exact) mass is 283 g/mol. The number of carbonyl (C=O) groups excluding carboxylic acids is 1. The van der Waals surface area contributed by atoms with Gasteiger partial charge in [0, 0.05) is 17.9 Å². The maximum Gasteiger partial charge on any atom is 0.221 e. The van der Waals surface area contributed by atoms with Gasteiger partial charge in [-0.2, -0.15) is 0 Å². The molecule has 3 nitrogen and oxygen atoms in total. The highest BCUT2D eigenvalue weighted by Crippen LogP contribution is 2.15. The van der Waals surface area contributed by atoms with Gasteiger partial charge in [-0.3, -0.25) is 4.79 Å². The summed E-state index contributed by atoms with van der Waals surface area (Å²) in [6.45, 7) is 2.03. The van der Waals surface area contributed by atoms with Crippen molar-refractivity contribution in [2.24, 2.45) is 0 Å². The molecular weight excluding hydrogens is 270 g/mol. The molecule has 0 saturated carbocycles. The minimum Gasteiger partial charge on any atom is -0.490 e. The van der Waals surface area contributed by atoms with Crippen molar-refractivity contribution in [3.05, 3.63) is 36.4 Å². The first kappa shape index (κ1) is 12.8. The number of ether oxygens (including phenoxy) is 1. The Balaban J connectivity index is 2.45. The van der Waals surface area contributed by atoms with Crippen LogP contribution in [0.5, 0.6) is 5.75 Å². The van der Waals surface area contributed by atoms with E-state index in [-0.39, 0.29) is 5.91 Å². The Hall–Kier alpha value is -1.29. The van der Waals surface area contributed by atoms with E-state index in [2.05, 4.69) is 21.2 Å². The van der Waals surface area contributed by atoms with Crippen molar-refractivity contribution in [3.8, 4) is 5.75 Å². The van der Waals surface area contributed by atoms with Crippen molar-refractivity contribution >= 4 is 27.5 Å². The molecule has 0 heterocycles. The van der Waals surface area contributed by atoms with E-state index in [4.69, 9.17) is 4.74 Å². The molecule has 86 valence electrons. The molecule has 0 saturated heterocycles. The highest BCUT2D eigenvalue weighted by molar-refractivity contribution is 9.09. The number of carbonyl (C=O) groups is 1. The molecule has 4 heteroatoms. The summed E-state index contributed by atoms with van der Waals surface area (Å²) >= 11 is 3.29. The zero-order valence-corrected chi connectivity index (χ0v) is 10.7. The molecule has 1 rings (SSSR count). The van der Waals surface area contributed by atoms with Crippen LogP contribution >= 0.6 is 15.9 Å². The lowest BCUT2D eigenvalue weighted by molar-refractivity contribution is -0.114. The van der Waals surface area contributed by atoms with Crippen molar-refractivity contribution in [1.82, 2.24) is 0 Å².